The Kier molecular flexibility index (Phi) is 5.19. The molecule has 2 atom stereocenters. The van der Waals surface area contributed by atoms with E-state index >= 15 is 0 Å². The summed E-state index contributed by atoms with van der Waals surface area (Å²) < 4.78 is 10.9. The number of benzene rings is 1. The highest BCUT2D eigenvalue weighted by Crippen LogP contribution is 2.15. The molecule has 1 aliphatic heterocycles. The van der Waals surface area contributed by atoms with Gasteiger partial charge in [0.25, 0.3) is 0 Å². The molecule has 2 rings (SSSR count). The van der Waals surface area contributed by atoms with Gasteiger partial charge >= 0.3 is 0 Å². The Balaban J connectivity index is 1.80. The Hall–Kier alpha value is -1.10. The number of hydrogen-bond acceptors (Lipinski definition) is 4. The van der Waals surface area contributed by atoms with E-state index in [0.717, 1.165) is 38.3 Å². The zero-order chi connectivity index (χ0) is 13.7. The molecule has 1 saturated heterocycles. The smallest absolute Gasteiger partial charge is 0.118 e. The summed E-state index contributed by atoms with van der Waals surface area (Å²) in [6.07, 6.45) is 2.09. The summed E-state index contributed by atoms with van der Waals surface area (Å²) in [5.41, 5.74) is 7.53. The van der Waals surface area contributed by atoms with Crippen molar-refractivity contribution in [3.63, 3.8) is 0 Å². The highest BCUT2D eigenvalue weighted by molar-refractivity contribution is 5.27. The Morgan fingerprint density at radius 2 is 2.16 bits per heavy atom. The summed E-state index contributed by atoms with van der Waals surface area (Å²) in [6.45, 7) is 2.73. The van der Waals surface area contributed by atoms with Crippen LogP contribution in [-0.4, -0.2) is 50.9 Å². The van der Waals surface area contributed by atoms with Crippen molar-refractivity contribution in [1.82, 2.24) is 4.90 Å². The predicted octanol–water partition coefficient (Wildman–Crippen LogP) is 1.29. The van der Waals surface area contributed by atoms with Crippen molar-refractivity contribution in [1.29, 1.82) is 0 Å². The van der Waals surface area contributed by atoms with E-state index in [9.17, 15) is 0 Å². The average Bonchev–Trinajstić information content (AvgIpc) is 2.45. The van der Waals surface area contributed by atoms with Gasteiger partial charge in [0.1, 0.15) is 5.75 Å². The highest BCUT2D eigenvalue weighted by Gasteiger charge is 2.23. The average molecular weight is 264 g/mol. The molecule has 0 radical (unpaired) electrons. The summed E-state index contributed by atoms with van der Waals surface area (Å²) in [4.78, 5) is 2.28. The quantitative estimate of drug-likeness (QED) is 0.870. The molecule has 0 amide bonds. The van der Waals surface area contributed by atoms with Crippen molar-refractivity contribution < 1.29 is 9.47 Å². The van der Waals surface area contributed by atoms with Crippen molar-refractivity contribution in [2.45, 2.75) is 25.0 Å². The Bertz CT molecular complexity index is 380. The minimum Gasteiger partial charge on any atom is -0.497 e. The van der Waals surface area contributed by atoms with E-state index in [0.29, 0.717) is 0 Å². The van der Waals surface area contributed by atoms with E-state index in [1.165, 1.54) is 5.56 Å². The number of likely N-dealkylation sites (N-methyl/N-ethyl adjacent to an activating group) is 1. The molecule has 4 nitrogen and oxygen atoms in total. The van der Waals surface area contributed by atoms with E-state index in [1.807, 2.05) is 12.1 Å². The third-order valence-corrected chi connectivity index (χ3v) is 3.70. The van der Waals surface area contributed by atoms with Crippen LogP contribution < -0.4 is 10.5 Å². The number of morpholine rings is 1. The third-order valence-electron chi connectivity index (χ3n) is 3.70. The first-order valence-electron chi connectivity index (χ1n) is 6.87. The molecule has 2 N–H and O–H groups in total. The molecule has 1 fully saturated rings. The van der Waals surface area contributed by atoms with E-state index in [-0.39, 0.29) is 12.1 Å². The van der Waals surface area contributed by atoms with Gasteiger partial charge in [0.2, 0.25) is 0 Å². The first kappa shape index (κ1) is 14.3. The lowest BCUT2D eigenvalue weighted by Gasteiger charge is -2.33. The molecule has 1 aliphatic rings. The largest absolute Gasteiger partial charge is 0.497 e. The van der Waals surface area contributed by atoms with E-state index < -0.39 is 0 Å². The molecule has 0 aliphatic carbocycles. The van der Waals surface area contributed by atoms with Gasteiger partial charge in [-0.1, -0.05) is 12.1 Å². The zero-order valence-electron chi connectivity index (χ0n) is 11.8. The van der Waals surface area contributed by atoms with Gasteiger partial charge in [-0.15, -0.1) is 0 Å². The maximum absolute atomic E-state index is 6.24. The summed E-state index contributed by atoms with van der Waals surface area (Å²) >= 11 is 0. The number of methoxy groups -OCH3 is 1. The van der Waals surface area contributed by atoms with Crippen LogP contribution >= 0.6 is 0 Å². The third kappa shape index (κ3) is 4.20. The van der Waals surface area contributed by atoms with Gasteiger partial charge in [-0.3, -0.25) is 0 Å². The lowest BCUT2D eigenvalue weighted by atomic mass is 10.0. The van der Waals surface area contributed by atoms with Crippen molar-refractivity contribution in [2.75, 3.05) is 33.9 Å². The monoisotopic (exact) mass is 264 g/mol. The summed E-state index contributed by atoms with van der Waals surface area (Å²) in [7, 11) is 3.80. The number of aryl methyl sites for hydroxylation is 1. The summed E-state index contributed by atoms with van der Waals surface area (Å²) in [5, 5.41) is 0. The molecule has 1 heterocycles. The second-order valence-electron chi connectivity index (χ2n) is 5.22. The van der Waals surface area contributed by atoms with Crippen LogP contribution in [-0.2, 0) is 11.2 Å². The SMILES string of the molecule is COc1ccc(CCC(N)C2CN(C)CCO2)cc1. The van der Waals surface area contributed by atoms with E-state index in [4.69, 9.17) is 15.2 Å². The number of ether oxygens (including phenoxy) is 2. The van der Waals surface area contributed by atoms with Gasteiger partial charge in [-0.2, -0.15) is 0 Å². The van der Waals surface area contributed by atoms with Gasteiger partial charge < -0.3 is 20.1 Å². The molecule has 0 saturated carbocycles. The standard InChI is InChI=1S/C15H24N2O2/c1-17-9-10-19-15(11-17)14(16)8-5-12-3-6-13(18-2)7-4-12/h3-4,6-7,14-15H,5,8-11,16H2,1-2H3. The van der Waals surface area contributed by atoms with Crippen molar-refractivity contribution in [3.05, 3.63) is 29.8 Å². The van der Waals surface area contributed by atoms with Gasteiger partial charge in [0, 0.05) is 19.1 Å². The fraction of sp³-hybridized carbons (Fsp3) is 0.600. The Morgan fingerprint density at radius 1 is 1.42 bits per heavy atom. The summed E-state index contributed by atoms with van der Waals surface area (Å²) in [6, 6.07) is 8.28. The minimum atomic E-state index is 0.102. The lowest BCUT2D eigenvalue weighted by Crippen LogP contribution is -2.49. The summed E-state index contributed by atoms with van der Waals surface area (Å²) in [5.74, 6) is 0.894. The molecular formula is C15H24N2O2. The van der Waals surface area contributed by atoms with Crippen LogP contribution in [0.3, 0.4) is 0 Å². The van der Waals surface area contributed by atoms with Crippen LogP contribution in [0.2, 0.25) is 0 Å². The predicted molar refractivity (Wildman–Crippen MR) is 76.5 cm³/mol. The topological polar surface area (TPSA) is 47.7 Å². The number of rotatable bonds is 5. The van der Waals surface area contributed by atoms with E-state index in [2.05, 4.69) is 24.1 Å². The van der Waals surface area contributed by atoms with Crippen molar-refractivity contribution in [3.8, 4) is 5.75 Å². The van der Waals surface area contributed by atoms with Crippen molar-refractivity contribution in [2.24, 2.45) is 5.73 Å². The minimum absolute atomic E-state index is 0.102. The number of nitrogens with zero attached hydrogens (tertiary/aromatic N) is 1. The van der Waals surface area contributed by atoms with Crippen LogP contribution in [0, 0.1) is 0 Å². The van der Waals surface area contributed by atoms with Crippen molar-refractivity contribution >= 4 is 0 Å². The fourth-order valence-corrected chi connectivity index (χ4v) is 2.38. The van der Waals surface area contributed by atoms with Crippen LogP contribution in [0.15, 0.2) is 24.3 Å². The molecule has 19 heavy (non-hydrogen) atoms. The molecule has 0 spiro atoms. The van der Waals surface area contributed by atoms with Gasteiger partial charge in [0.15, 0.2) is 0 Å². The Morgan fingerprint density at radius 3 is 2.79 bits per heavy atom. The Labute approximate surface area is 115 Å². The molecular weight excluding hydrogens is 240 g/mol. The first-order valence-corrected chi connectivity index (χ1v) is 6.87. The molecule has 1 aromatic rings. The molecule has 1 aromatic carbocycles. The second-order valence-corrected chi connectivity index (χ2v) is 5.22. The normalized spacial score (nSPS) is 22.2. The number of nitrogens with two attached hydrogens (primary N) is 1. The van der Waals surface area contributed by atoms with Gasteiger partial charge in [0.05, 0.1) is 19.8 Å². The maximum atomic E-state index is 6.24. The van der Waals surface area contributed by atoms with Gasteiger partial charge in [-0.25, -0.2) is 0 Å². The molecule has 4 heteroatoms. The fourth-order valence-electron chi connectivity index (χ4n) is 2.38. The van der Waals surface area contributed by atoms with Crippen LogP contribution in [0.1, 0.15) is 12.0 Å². The lowest BCUT2D eigenvalue weighted by molar-refractivity contribution is -0.0331. The molecule has 106 valence electrons. The second kappa shape index (κ2) is 6.89. The van der Waals surface area contributed by atoms with Crippen LogP contribution in [0.5, 0.6) is 5.75 Å². The molecule has 0 bridgehead atoms. The molecule has 0 aromatic heterocycles. The maximum Gasteiger partial charge on any atom is 0.118 e. The number of hydrogen-bond donors (Lipinski definition) is 1. The highest BCUT2D eigenvalue weighted by atomic mass is 16.5. The van der Waals surface area contributed by atoms with E-state index in [1.54, 1.807) is 7.11 Å². The molecule has 2 unspecified atom stereocenters. The first-order chi connectivity index (χ1) is 9.19. The van der Waals surface area contributed by atoms with Crippen LogP contribution in [0.4, 0.5) is 0 Å². The zero-order valence-corrected chi connectivity index (χ0v) is 11.8. The van der Waals surface area contributed by atoms with Crippen LogP contribution in [0.25, 0.3) is 0 Å². The van der Waals surface area contributed by atoms with Gasteiger partial charge in [-0.05, 0) is 37.6 Å².